The predicted octanol–water partition coefficient (Wildman–Crippen LogP) is 5.44. The second-order valence-electron chi connectivity index (χ2n) is 7.21. The smallest absolute Gasteiger partial charge is 0.214 e. The first-order valence-corrected chi connectivity index (χ1v) is 12.3. The number of nitrogens with one attached hydrogen (secondary N) is 1. The van der Waals surface area contributed by atoms with E-state index in [0.29, 0.717) is 34.7 Å². The fraction of sp³-hybridized carbons (Fsp3) is 0.208. The molecule has 1 aromatic heterocycles. The molecule has 0 atom stereocenters. The molecule has 4 rings (SSSR count). The minimum atomic E-state index is 0.323. The van der Waals surface area contributed by atoms with Crippen LogP contribution < -0.4 is 14.8 Å². The average Bonchev–Trinajstić information content (AvgIpc) is 3.33. The first-order valence-electron chi connectivity index (χ1n) is 10.6. The van der Waals surface area contributed by atoms with Crippen LogP contribution in [0.4, 0.5) is 0 Å². The van der Waals surface area contributed by atoms with E-state index >= 15 is 0 Å². The van der Waals surface area contributed by atoms with Crippen LogP contribution in [0.3, 0.4) is 0 Å². The van der Waals surface area contributed by atoms with Crippen molar-refractivity contribution in [3.05, 3.63) is 87.9 Å². The third kappa shape index (κ3) is 6.21. The number of benzene rings is 3. The van der Waals surface area contributed by atoms with Crippen LogP contribution in [0.5, 0.6) is 11.5 Å². The van der Waals surface area contributed by atoms with Gasteiger partial charge in [-0.3, -0.25) is 0 Å². The Kier molecular flexibility index (Phi) is 8.65. The van der Waals surface area contributed by atoms with E-state index in [0.717, 1.165) is 34.3 Å². The Morgan fingerprint density at radius 1 is 0.941 bits per heavy atom. The summed E-state index contributed by atoms with van der Waals surface area (Å²) in [6.07, 6.45) is 0. The topological polar surface area (TPSA) is 74.1 Å². The fourth-order valence-electron chi connectivity index (χ4n) is 3.19. The van der Waals surface area contributed by atoms with Gasteiger partial charge in [0.1, 0.15) is 6.61 Å². The highest BCUT2D eigenvalue weighted by Gasteiger charge is 2.12. The van der Waals surface area contributed by atoms with Crippen molar-refractivity contribution in [1.82, 2.24) is 25.5 Å². The SMILES string of the molecule is COc1cc(CNCCSc2nnnn2-c2ccccc2)c(Cl)cc1OCc1ccccc1Cl. The number of ether oxygens (including phenoxy) is 2. The van der Waals surface area contributed by atoms with Crippen LogP contribution in [0, 0.1) is 0 Å². The third-order valence-electron chi connectivity index (χ3n) is 4.94. The Balaban J connectivity index is 1.30. The lowest BCUT2D eigenvalue weighted by molar-refractivity contribution is 0.284. The maximum atomic E-state index is 6.52. The molecule has 0 amide bonds. The van der Waals surface area contributed by atoms with Crippen LogP contribution in [0.25, 0.3) is 5.69 Å². The van der Waals surface area contributed by atoms with Gasteiger partial charge >= 0.3 is 0 Å². The Labute approximate surface area is 212 Å². The van der Waals surface area contributed by atoms with Gasteiger partial charge in [-0.2, -0.15) is 4.68 Å². The van der Waals surface area contributed by atoms with E-state index in [1.165, 1.54) is 0 Å². The van der Waals surface area contributed by atoms with Gasteiger partial charge < -0.3 is 14.8 Å². The quantitative estimate of drug-likeness (QED) is 0.210. The molecule has 0 saturated heterocycles. The van der Waals surface area contributed by atoms with Crippen molar-refractivity contribution in [3.8, 4) is 17.2 Å². The molecule has 7 nitrogen and oxygen atoms in total. The molecule has 176 valence electrons. The van der Waals surface area contributed by atoms with Crippen LogP contribution in [-0.2, 0) is 13.2 Å². The summed E-state index contributed by atoms with van der Waals surface area (Å²) >= 11 is 14.3. The van der Waals surface area contributed by atoms with Crippen molar-refractivity contribution >= 4 is 35.0 Å². The van der Waals surface area contributed by atoms with Crippen molar-refractivity contribution in [2.24, 2.45) is 0 Å². The van der Waals surface area contributed by atoms with E-state index in [2.05, 4.69) is 20.8 Å². The standard InChI is InChI=1S/C24H23Cl2N5O2S/c1-32-22-13-18(21(26)14-23(22)33-16-17-7-5-6-10-20(17)25)15-27-11-12-34-24-28-29-30-31(24)19-8-3-2-4-9-19/h2-10,13-14,27H,11-12,15-16H2,1H3. The van der Waals surface area contributed by atoms with E-state index in [-0.39, 0.29) is 0 Å². The van der Waals surface area contributed by atoms with Crippen molar-refractivity contribution in [2.45, 2.75) is 18.3 Å². The van der Waals surface area contributed by atoms with Crippen molar-refractivity contribution in [1.29, 1.82) is 0 Å². The van der Waals surface area contributed by atoms with Gasteiger partial charge in [0.15, 0.2) is 11.5 Å². The van der Waals surface area contributed by atoms with Crippen molar-refractivity contribution in [3.63, 3.8) is 0 Å². The summed E-state index contributed by atoms with van der Waals surface area (Å²) in [6, 6.07) is 21.0. The first-order chi connectivity index (χ1) is 16.7. The molecule has 0 spiro atoms. The third-order valence-corrected chi connectivity index (χ3v) is 6.58. The summed E-state index contributed by atoms with van der Waals surface area (Å²) < 4.78 is 13.2. The summed E-state index contributed by atoms with van der Waals surface area (Å²) in [5, 5.41) is 17.4. The molecule has 34 heavy (non-hydrogen) atoms. The maximum absolute atomic E-state index is 6.52. The molecule has 0 radical (unpaired) electrons. The largest absolute Gasteiger partial charge is 0.493 e. The highest BCUT2D eigenvalue weighted by atomic mass is 35.5. The number of hydrogen-bond acceptors (Lipinski definition) is 7. The summed E-state index contributed by atoms with van der Waals surface area (Å²) in [7, 11) is 1.61. The van der Waals surface area contributed by atoms with Crippen molar-refractivity contribution < 1.29 is 9.47 Å². The average molecular weight is 516 g/mol. The summed E-state index contributed by atoms with van der Waals surface area (Å²) in [6.45, 7) is 1.66. The lowest BCUT2D eigenvalue weighted by Crippen LogP contribution is -2.17. The minimum Gasteiger partial charge on any atom is -0.493 e. The molecule has 10 heteroatoms. The van der Waals surface area contributed by atoms with Gasteiger partial charge in [0.25, 0.3) is 0 Å². The van der Waals surface area contributed by atoms with Gasteiger partial charge in [0, 0.05) is 40.5 Å². The van der Waals surface area contributed by atoms with E-state index in [1.54, 1.807) is 29.6 Å². The molecule has 1 heterocycles. The number of thioether (sulfide) groups is 1. The van der Waals surface area contributed by atoms with E-state index in [4.69, 9.17) is 32.7 Å². The number of hydrogen-bond donors (Lipinski definition) is 1. The van der Waals surface area contributed by atoms with E-state index in [1.807, 2.05) is 60.7 Å². The van der Waals surface area contributed by atoms with Gasteiger partial charge in [0.2, 0.25) is 5.16 Å². The van der Waals surface area contributed by atoms with Crippen LogP contribution in [0.15, 0.2) is 71.9 Å². The van der Waals surface area contributed by atoms with E-state index in [9.17, 15) is 0 Å². The Morgan fingerprint density at radius 3 is 2.53 bits per heavy atom. The van der Waals surface area contributed by atoms with Crippen molar-refractivity contribution in [2.75, 3.05) is 19.4 Å². The molecule has 4 aromatic rings. The maximum Gasteiger partial charge on any atom is 0.214 e. The minimum absolute atomic E-state index is 0.323. The fourth-order valence-corrected chi connectivity index (χ4v) is 4.39. The van der Waals surface area contributed by atoms with Gasteiger partial charge in [-0.05, 0) is 40.3 Å². The zero-order valence-electron chi connectivity index (χ0n) is 18.4. The molecular formula is C24H23Cl2N5O2S. The van der Waals surface area contributed by atoms with Gasteiger partial charge in [-0.15, -0.1) is 5.10 Å². The number of halogens is 2. The second kappa shape index (κ2) is 12.1. The predicted molar refractivity (Wildman–Crippen MR) is 135 cm³/mol. The number of methoxy groups -OCH3 is 1. The van der Waals surface area contributed by atoms with E-state index < -0.39 is 0 Å². The van der Waals surface area contributed by atoms with Gasteiger partial charge in [-0.1, -0.05) is 71.4 Å². The normalized spacial score (nSPS) is 10.9. The second-order valence-corrected chi connectivity index (χ2v) is 9.09. The number of nitrogens with zero attached hydrogens (tertiary/aromatic N) is 4. The molecule has 0 saturated carbocycles. The lowest BCUT2D eigenvalue weighted by atomic mass is 10.2. The molecule has 0 aliphatic rings. The monoisotopic (exact) mass is 515 g/mol. The Morgan fingerprint density at radius 2 is 1.74 bits per heavy atom. The molecule has 0 unspecified atom stereocenters. The Bertz CT molecular complexity index is 1220. The molecular weight excluding hydrogens is 493 g/mol. The lowest BCUT2D eigenvalue weighted by Gasteiger charge is -2.15. The summed E-state index contributed by atoms with van der Waals surface area (Å²) in [5.74, 6) is 1.98. The molecule has 3 aromatic carbocycles. The molecule has 0 fully saturated rings. The first kappa shape index (κ1) is 24.3. The van der Waals surface area contributed by atoms with Gasteiger partial charge in [-0.25, -0.2) is 0 Å². The van der Waals surface area contributed by atoms with Crippen LogP contribution in [0.2, 0.25) is 10.0 Å². The summed E-state index contributed by atoms with van der Waals surface area (Å²) in [4.78, 5) is 0. The van der Waals surface area contributed by atoms with Gasteiger partial charge in [0.05, 0.1) is 12.8 Å². The zero-order chi connectivity index (χ0) is 23.8. The van der Waals surface area contributed by atoms with Crippen LogP contribution >= 0.6 is 35.0 Å². The number of aromatic nitrogens is 4. The highest BCUT2D eigenvalue weighted by Crippen LogP contribution is 2.34. The van der Waals surface area contributed by atoms with Crippen LogP contribution in [0.1, 0.15) is 11.1 Å². The molecule has 0 bridgehead atoms. The number of para-hydroxylation sites is 1. The highest BCUT2D eigenvalue weighted by molar-refractivity contribution is 7.99. The van der Waals surface area contributed by atoms with Crippen LogP contribution in [-0.4, -0.2) is 39.6 Å². The molecule has 1 N–H and O–H groups in total. The number of rotatable bonds is 11. The molecule has 0 aliphatic heterocycles. The Hall–Kier alpha value is -2.78. The zero-order valence-corrected chi connectivity index (χ0v) is 20.8. The summed E-state index contributed by atoms with van der Waals surface area (Å²) in [5.41, 5.74) is 2.74. The number of tetrazole rings is 1. The molecule has 0 aliphatic carbocycles.